The number of carbonyl (C=O) groups excluding carboxylic acids is 1. The number of likely N-dealkylation sites (tertiary alicyclic amines) is 1. The lowest BCUT2D eigenvalue weighted by Gasteiger charge is -2.16. The highest BCUT2D eigenvalue weighted by Gasteiger charge is 2.50. The van der Waals surface area contributed by atoms with E-state index in [1.807, 2.05) is 0 Å². The first-order valence-electron chi connectivity index (χ1n) is 10.1. The summed E-state index contributed by atoms with van der Waals surface area (Å²) in [5.41, 5.74) is 2.41. The first-order chi connectivity index (χ1) is 14.0. The highest BCUT2D eigenvalue weighted by Crippen LogP contribution is 2.57. The van der Waals surface area contributed by atoms with Gasteiger partial charge in [-0.2, -0.15) is 5.10 Å². The largest absolute Gasteiger partial charge is 0.383 e. The van der Waals surface area contributed by atoms with Gasteiger partial charge in [0.1, 0.15) is 11.5 Å². The van der Waals surface area contributed by atoms with Crippen LogP contribution in [0.25, 0.3) is 5.69 Å². The summed E-state index contributed by atoms with van der Waals surface area (Å²) in [6.45, 7) is 3.23. The molecule has 6 nitrogen and oxygen atoms in total. The predicted molar refractivity (Wildman–Crippen MR) is 102 cm³/mol. The van der Waals surface area contributed by atoms with Crippen molar-refractivity contribution in [3.05, 3.63) is 46.8 Å². The minimum Gasteiger partial charge on any atom is -0.383 e. The van der Waals surface area contributed by atoms with Gasteiger partial charge in [-0.1, -0.05) is 0 Å². The van der Waals surface area contributed by atoms with Crippen LogP contribution in [-0.2, 0) is 11.2 Å². The molecule has 29 heavy (non-hydrogen) atoms. The minimum atomic E-state index is -0.670. The van der Waals surface area contributed by atoms with Crippen molar-refractivity contribution >= 4 is 5.91 Å². The molecule has 1 saturated heterocycles. The van der Waals surface area contributed by atoms with Crippen molar-refractivity contribution in [2.45, 2.75) is 31.2 Å². The molecule has 0 spiro atoms. The number of rotatable bonds is 6. The van der Waals surface area contributed by atoms with Crippen LogP contribution in [0.4, 0.5) is 8.78 Å². The van der Waals surface area contributed by atoms with E-state index in [-0.39, 0.29) is 17.6 Å². The maximum atomic E-state index is 14.4. The van der Waals surface area contributed by atoms with E-state index in [1.165, 1.54) is 16.8 Å². The van der Waals surface area contributed by atoms with Crippen molar-refractivity contribution in [3.63, 3.8) is 0 Å². The molecule has 3 atom stereocenters. The van der Waals surface area contributed by atoms with Crippen LogP contribution < -0.4 is 5.32 Å². The van der Waals surface area contributed by atoms with Crippen LogP contribution in [0.2, 0.25) is 0 Å². The normalized spacial score (nSPS) is 25.1. The number of methoxy groups -OCH3 is 1. The summed E-state index contributed by atoms with van der Waals surface area (Å²) < 4.78 is 34.4. The highest BCUT2D eigenvalue weighted by atomic mass is 19.1. The fourth-order valence-electron chi connectivity index (χ4n) is 4.76. The molecule has 2 aromatic rings. The lowest BCUT2D eigenvalue weighted by molar-refractivity contribution is 0.0930. The van der Waals surface area contributed by atoms with Crippen molar-refractivity contribution in [1.82, 2.24) is 20.0 Å². The third kappa shape index (κ3) is 3.34. The van der Waals surface area contributed by atoms with Crippen LogP contribution in [-0.4, -0.2) is 60.0 Å². The molecule has 154 valence electrons. The third-order valence-corrected chi connectivity index (χ3v) is 6.34. The van der Waals surface area contributed by atoms with Crippen LogP contribution in [0.1, 0.15) is 40.5 Å². The zero-order chi connectivity index (χ0) is 20.1. The highest BCUT2D eigenvalue weighted by molar-refractivity contribution is 5.94. The second-order valence-corrected chi connectivity index (χ2v) is 8.28. The van der Waals surface area contributed by atoms with Crippen molar-refractivity contribution < 1.29 is 18.3 Å². The lowest BCUT2D eigenvalue weighted by atomic mass is 10.1. The molecule has 2 heterocycles. The summed E-state index contributed by atoms with van der Waals surface area (Å²) >= 11 is 0. The van der Waals surface area contributed by atoms with Crippen molar-refractivity contribution in [2.75, 3.05) is 33.4 Å². The molecule has 8 heteroatoms. The van der Waals surface area contributed by atoms with E-state index in [1.54, 1.807) is 7.11 Å². The number of nitrogens with one attached hydrogen (secondary N) is 1. The summed E-state index contributed by atoms with van der Waals surface area (Å²) in [6.07, 6.45) is 2.73. The topological polar surface area (TPSA) is 59.4 Å². The molecule has 1 aliphatic heterocycles. The Bertz CT molecular complexity index is 960. The third-order valence-electron chi connectivity index (χ3n) is 6.34. The molecular weight excluding hydrogens is 378 g/mol. The summed E-state index contributed by atoms with van der Waals surface area (Å²) in [6, 6.07) is 3.53. The number of aromatic nitrogens is 2. The molecule has 0 unspecified atom stereocenters. The molecule has 5 rings (SSSR count). The van der Waals surface area contributed by atoms with Crippen LogP contribution in [0.3, 0.4) is 0 Å². The average molecular weight is 402 g/mol. The van der Waals surface area contributed by atoms with Gasteiger partial charge in [0.05, 0.1) is 12.3 Å². The number of ether oxygens (including phenoxy) is 1. The van der Waals surface area contributed by atoms with Gasteiger partial charge in [0.25, 0.3) is 5.91 Å². The zero-order valence-corrected chi connectivity index (χ0v) is 16.3. The smallest absolute Gasteiger partial charge is 0.272 e. The Labute approximate surface area is 167 Å². The number of amides is 1. The number of fused-ring (bicyclic) bond motifs is 3. The first kappa shape index (κ1) is 18.7. The minimum absolute atomic E-state index is 0.0682. The van der Waals surface area contributed by atoms with Crippen LogP contribution >= 0.6 is 0 Å². The lowest BCUT2D eigenvalue weighted by Crippen LogP contribution is -2.38. The number of benzene rings is 1. The number of halogens is 2. The van der Waals surface area contributed by atoms with E-state index in [2.05, 4.69) is 15.3 Å². The van der Waals surface area contributed by atoms with E-state index in [0.29, 0.717) is 24.1 Å². The molecule has 2 fully saturated rings. The quantitative estimate of drug-likeness (QED) is 0.805. The Balaban J connectivity index is 1.39. The van der Waals surface area contributed by atoms with Gasteiger partial charge < -0.3 is 10.1 Å². The molecule has 1 aromatic heterocycles. The SMILES string of the molecule is COCCN1CC[C@H](NC(=O)c2nn(-c3ccc(F)cc3F)c3c2C[C@H]2C[C@@H]32)C1. The van der Waals surface area contributed by atoms with Gasteiger partial charge in [0.15, 0.2) is 11.5 Å². The summed E-state index contributed by atoms with van der Waals surface area (Å²) in [5, 5.41) is 7.59. The van der Waals surface area contributed by atoms with Crippen LogP contribution in [0.15, 0.2) is 18.2 Å². The summed E-state index contributed by atoms with van der Waals surface area (Å²) in [5.74, 6) is -0.672. The van der Waals surface area contributed by atoms with Gasteiger partial charge in [-0.15, -0.1) is 0 Å². The van der Waals surface area contributed by atoms with E-state index >= 15 is 0 Å². The number of carbonyl (C=O) groups is 1. The zero-order valence-electron chi connectivity index (χ0n) is 16.3. The second kappa shape index (κ2) is 7.18. The van der Waals surface area contributed by atoms with E-state index in [0.717, 1.165) is 56.2 Å². The Morgan fingerprint density at radius 2 is 2.24 bits per heavy atom. The van der Waals surface area contributed by atoms with Gasteiger partial charge in [-0.05, 0) is 37.3 Å². The molecule has 0 bridgehead atoms. The fourth-order valence-corrected chi connectivity index (χ4v) is 4.76. The molecule has 1 N–H and O–H groups in total. The Morgan fingerprint density at radius 3 is 3.03 bits per heavy atom. The molecule has 2 aliphatic carbocycles. The maximum absolute atomic E-state index is 14.4. The first-order valence-corrected chi connectivity index (χ1v) is 10.1. The fraction of sp³-hybridized carbons (Fsp3) is 0.524. The van der Waals surface area contributed by atoms with Crippen molar-refractivity contribution in [1.29, 1.82) is 0 Å². The van der Waals surface area contributed by atoms with Gasteiger partial charge in [0.2, 0.25) is 0 Å². The Kier molecular flexibility index (Phi) is 4.63. The standard InChI is InChI=1S/C21H24F2N4O2/c1-29-7-6-26-5-4-14(11-26)24-21(28)19-16-9-12-8-15(12)20(16)27(25-19)18-3-2-13(22)10-17(18)23/h2-3,10,12,14-15H,4-9,11H2,1H3,(H,24,28)/t12-,14+,15-/m1/s1. The molecule has 1 saturated carbocycles. The molecule has 1 amide bonds. The summed E-state index contributed by atoms with van der Waals surface area (Å²) in [4.78, 5) is 15.3. The molecule has 0 radical (unpaired) electrons. The van der Waals surface area contributed by atoms with Crippen molar-refractivity contribution in [2.24, 2.45) is 5.92 Å². The van der Waals surface area contributed by atoms with Crippen molar-refractivity contribution in [3.8, 4) is 5.69 Å². The van der Waals surface area contributed by atoms with E-state index in [4.69, 9.17) is 4.74 Å². The van der Waals surface area contributed by atoms with Crippen LogP contribution in [0.5, 0.6) is 0 Å². The van der Waals surface area contributed by atoms with Gasteiger partial charge in [-0.25, -0.2) is 13.5 Å². The number of hydrogen-bond acceptors (Lipinski definition) is 4. The number of hydrogen-bond donors (Lipinski definition) is 1. The molecule has 1 aromatic carbocycles. The summed E-state index contributed by atoms with van der Waals surface area (Å²) in [7, 11) is 1.68. The number of nitrogens with zero attached hydrogens (tertiary/aromatic N) is 3. The predicted octanol–water partition coefficient (Wildman–Crippen LogP) is 2.26. The second-order valence-electron chi connectivity index (χ2n) is 8.28. The average Bonchev–Trinajstić information content (AvgIpc) is 3.03. The van der Waals surface area contributed by atoms with Crippen LogP contribution in [0, 0.1) is 17.6 Å². The van der Waals surface area contributed by atoms with Gasteiger partial charge in [-0.3, -0.25) is 9.69 Å². The Hall–Kier alpha value is -2.32. The maximum Gasteiger partial charge on any atom is 0.272 e. The Morgan fingerprint density at radius 1 is 1.38 bits per heavy atom. The monoisotopic (exact) mass is 402 g/mol. The van der Waals surface area contributed by atoms with Gasteiger partial charge in [0, 0.05) is 50.3 Å². The molecule has 3 aliphatic rings. The molecular formula is C21H24F2N4O2. The van der Waals surface area contributed by atoms with E-state index in [9.17, 15) is 13.6 Å². The van der Waals surface area contributed by atoms with Gasteiger partial charge >= 0.3 is 0 Å². The van der Waals surface area contributed by atoms with E-state index < -0.39 is 11.6 Å².